The van der Waals surface area contributed by atoms with Crippen LogP contribution in [0, 0.1) is 0 Å². The second-order valence-corrected chi connectivity index (χ2v) is 5.73. The van der Waals surface area contributed by atoms with Crippen molar-refractivity contribution in [1.82, 2.24) is 19.9 Å². The molecular formula is C14H15N5OS. The molecule has 0 spiro atoms. The summed E-state index contributed by atoms with van der Waals surface area (Å²) < 4.78 is 2.86. The molecule has 0 unspecified atom stereocenters. The number of fused-ring (bicyclic) bond motifs is 1. The summed E-state index contributed by atoms with van der Waals surface area (Å²) >= 11 is 1.36. The summed E-state index contributed by atoms with van der Waals surface area (Å²) in [6.45, 7) is 0.523. The zero-order chi connectivity index (χ0) is 14.8. The highest BCUT2D eigenvalue weighted by molar-refractivity contribution is 7.21. The first-order valence-corrected chi connectivity index (χ1v) is 7.35. The van der Waals surface area contributed by atoms with Crippen molar-refractivity contribution in [2.24, 2.45) is 7.05 Å². The highest BCUT2D eigenvalue weighted by Crippen LogP contribution is 2.32. The van der Waals surface area contributed by atoms with Crippen LogP contribution in [0.15, 0.2) is 30.9 Å². The summed E-state index contributed by atoms with van der Waals surface area (Å²) in [7, 11) is 1.93. The molecule has 3 rings (SSSR count). The van der Waals surface area contributed by atoms with Gasteiger partial charge in [-0.05, 0) is 6.07 Å². The summed E-state index contributed by atoms with van der Waals surface area (Å²) in [5, 5.41) is 3.76. The van der Waals surface area contributed by atoms with E-state index in [-0.39, 0.29) is 5.91 Å². The Kier molecular flexibility index (Phi) is 3.57. The fourth-order valence-electron chi connectivity index (χ4n) is 2.15. The number of hydrogen-bond donors (Lipinski definition) is 2. The Morgan fingerprint density at radius 1 is 1.48 bits per heavy atom. The molecule has 0 aliphatic heterocycles. The number of carbonyl (C=O) groups excluding carboxylic acids is 1. The minimum atomic E-state index is -0.150. The zero-order valence-corrected chi connectivity index (χ0v) is 12.4. The lowest BCUT2D eigenvalue weighted by Gasteiger charge is -2.04. The van der Waals surface area contributed by atoms with Gasteiger partial charge in [0, 0.05) is 50.2 Å². The van der Waals surface area contributed by atoms with E-state index in [1.165, 1.54) is 11.3 Å². The van der Waals surface area contributed by atoms with E-state index in [1.807, 2.05) is 23.9 Å². The Morgan fingerprint density at radius 3 is 3.05 bits per heavy atom. The monoisotopic (exact) mass is 301 g/mol. The lowest BCUT2D eigenvalue weighted by Crippen LogP contribution is -2.26. The molecule has 0 atom stereocenters. The van der Waals surface area contributed by atoms with Gasteiger partial charge in [0.25, 0.3) is 5.91 Å². The van der Waals surface area contributed by atoms with Crippen molar-refractivity contribution in [2.75, 3.05) is 12.3 Å². The topological polar surface area (TPSA) is 85.8 Å². The largest absolute Gasteiger partial charge is 0.397 e. The van der Waals surface area contributed by atoms with Crippen LogP contribution >= 0.6 is 11.3 Å². The first kappa shape index (κ1) is 13.6. The Balaban J connectivity index is 1.70. The molecule has 6 nitrogen and oxygen atoms in total. The second kappa shape index (κ2) is 5.53. The lowest BCUT2D eigenvalue weighted by molar-refractivity contribution is 0.0959. The third-order valence-corrected chi connectivity index (χ3v) is 4.45. The maximum absolute atomic E-state index is 12.2. The van der Waals surface area contributed by atoms with Crippen LogP contribution in [0.5, 0.6) is 0 Å². The molecule has 0 saturated carbocycles. The van der Waals surface area contributed by atoms with Crippen LogP contribution in [0.25, 0.3) is 10.1 Å². The van der Waals surface area contributed by atoms with Crippen molar-refractivity contribution >= 4 is 33.0 Å². The van der Waals surface area contributed by atoms with Gasteiger partial charge < -0.3 is 15.6 Å². The molecule has 3 aromatic heterocycles. The lowest BCUT2D eigenvalue weighted by atomic mass is 10.2. The van der Waals surface area contributed by atoms with Gasteiger partial charge in [-0.25, -0.2) is 4.98 Å². The Hall–Kier alpha value is -2.41. The quantitative estimate of drug-likeness (QED) is 0.766. The van der Waals surface area contributed by atoms with Crippen molar-refractivity contribution in [1.29, 1.82) is 0 Å². The molecule has 108 valence electrons. The van der Waals surface area contributed by atoms with Crippen LogP contribution in [0.4, 0.5) is 5.69 Å². The molecule has 0 aliphatic carbocycles. The molecule has 0 aliphatic rings. The predicted octanol–water partition coefficient (Wildman–Crippen LogP) is 1.58. The van der Waals surface area contributed by atoms with Crippen LogP contribution in [-0.2, 0) is 13.5 Å². The number of nitrogen functional groups attached to an aromatic ring is 1. The van der Waals surface area contributed by atoms with Gasteiger partial charge in [-0.3, -0.25) is 9.78 Å². The molecule has 0 bridgehead atoms. The molecule has 3 heterocycles. The molecule has 3 N–H and O–H groups in total. The van der Waals surface area contributed by atoms with E-state index in [4.69, 9.17) is 5.73 Å². The van der Waals surface area contributed by atoms with Crippen molar-refractivity contribution in [3.05, 3.63) is 41.6 Å². The summed E-state index contributed by atoms with van der Waals surface area (Å²) in [6.07, 6.45) is 7.71. The summed E-state index contributed by atoms with van der Waals surface area (Å²) in [5.41, 5.74) is 6.56. The number of aryl methyl sites for hydroxylation is 1. The van der Waals surface area contributed by atoms with Crippen molar-refractivity contribution in [3.8, 4) is 0 Å². The van der Waals surface area contributed by atoms with Gasteiger partial charge in [0.2, 0.25) is 0 Å². The highest BCUT2D eigenvalue weighted by atomic mass is 32.1. The fraction of sp³-hybridized carbons (Fsp3) is 0.214. The SMILES string of the molecule is Cn1ccnc1CCNC(=O)c1sc2cnccc2c1N. The number of amides is 1. The molecule has 3 aromatic rings. The first-order chi connectivity index (χ1) is 10.2. The summed E-state index contributed by atoms with van der Waals surface area (Å²) in [6, 6.07) is 1.83. The Bertz CT molecular complexity index is 792. The number of hydrogen-bond acceptors (Lipinski definition) is 5. The van der Waals surface area contributed by atoms with E-state index >= 15 is 0 Å². The van der Waals surface area contributed by atoms with Crippen LogP contribution in [-0.4, -0.2) is 27.0 Å². The van der Waals surface area contributed by atoms with Gasteiger partial charge >= 0.3 is 0 Å². The predicted molar refractivity (Wildman–Crippen MR) is 83.3 cm³/mol. The van der Waals surface area contributed by atoms with Gasteiger partial charge in [0.1, 0.15) is 10.7 Å². The van der Waals surface area contributed by atoms with Crippen LogP contribution in [0.2, 0.25) is 0 Å². The fourth-order valence-corrected chi connectivity index (χ4v) is 3.15. The van der Waals surface area contributed by atoms with E-state index in [2.05, 4.69) is 15.3 Å². The summed E-state index contributed by atoms with van der Waals surface area (Å²) in [4.78, 5) is 21.0. The van der Waals surface area contributed by atoms with E-state index in [9.17, 15) is 4.79 Å². The van der Waals surface area contributed by atoms with Gasteiger partial charge in [-0.1, -0.05) is 0 Å². The van der Waals surface area contributed by atoms with Crippen LogP contribution in [0.1, 0.15) is 15.5 Å². The zero-order valence-electron chi connectivity index (χ0n) is 11.5. The smallest absolute Gasteiger partial charge is 0.263 e. The average molecular weight is 301 g/mol. The number of carbonyl (C=O) groups is 1. The van der Waals surface area contributed by atoms with Gasteiger partial charge in [0.15, 0.2) is 0 Å². The molecule has 0 radical (unpaired) electrons. The number of rotatable bonds is 4. The minimum Gasteiger partial charge on any atom is -0.397 e. The number of imidazole rings is 1. The Labute approximate surface area is 125 Å². The number of anilines is 1. The number of nitrogens with one attached hydrogen (secondary N) is 1. The molecule has 7 heteroatoms. The number of pyridine rings is 1. The van der Waals surface area contributed by atoms with Crippen LogP contribution < -0.4 is 11.1 Å². The second-order valence-electron chi connectivity index (χ2n) is 4.68. The molecule has 0 fully saturated rings. The molecule has 0 saturated heterocycles. The number of thiophene rings is 1. The third kappa shape index (κ3) is 2.59. The Morgan fingerprint density at radius 2 is 2.33 bits per heavy atom. The first-order valence-electron chi connectivity index (χ1n) is 6.53. The summed E-state index contributed by atoms with van der Waals surface area (Å²) in [5.74, 6) is 0.784. The van der Waals surface area contributed by atoms with Gasteiger partial charge in [0.05, 0.1) is 10.4 Å². The normalized spacial score (nSPS) is 10.9. The molecule has 0 aromatic carbocycles. The van der Waals surface area contributed by atoms with Crippen molar-refractivity contribution in [3.63, 3.8) is 0 Å². The van der Waals surface area contributed by atoms with E-state index in [0.29, 0.717) is 23.5 Å². The third-order valence-electron chi connectivity index (χ3n) is 3.29. The maximum atomic E-state index is 12.2. The van der Waals surface area contributed by atoms with Crippen molar-refractivity contribution < 1.29 is 4.79 Å². The number of aromatic nitrogens is 3. The maximum Gasteiger partial charge on any atom is 0.263 e. The van der Waals surface area contributed by atoms with Gasteiger partial charge in [-0.2, -0.15) is 0 Å². The van der Waals surface area contributed by atoms with E-state index < -0.39 is 0 Å². The van der Waals surface area contributed by atoms with Crippen molar-refractivity contribution in [2.45, 2.75) is 6.42 Å². The van der Waals surface area contributed by atoms with E-state index in [0.717, 1.165) is 15.9 Å². The molecule has 1 amide bonds. The standard InChI is InChI=1S/C14H15N5OS/c1-19-7-6-17-11(19)3-5-18-14(20)13-12(15)9-2-4-16-8-10(9)21-13/h2,4,6-8H,3,5,15H2,1H3,(H,18,20). The number of nitrogens with two attached hydrogens (primary N) is 1. The average Bonchev–Trinajstić information content (AvgIpc) is 3.04. The minimum absolute atomic E-state index is 0.150. The molecular weight excluding hydrogens is 286 g/mol. The number of nitrogens with zero attached hydrogens (tertiary/aromatic N) is 3. The molecule has 21 heavy (non-hydrogen) atoms. The van der Waals surface area contributed by atoms with Crippen LogP contribution in [0.3, 0.4) is 0 Å². The van der Waals surface area contributed by atoms with E-state index in [1.54, 1.807) is 18.6 Å². The van der Waals surface area contributed by atoms with Gasteiger partial charge in [-0.15, -0.1) is 11.3 Å². The highest BCUT2D eigenvalue weighted by Gasteiger charge is 2.16.